The summed E-state index contributed by atoms with van der Waals surface area (Å²) in [4.78, 5) is 12.0. The van der Waals surface area contributed by atoms with Gasteiger partial charge in [-0.05, 0) is 17.9 Å². The highest BCUT2D eigenvalue weighted by molar-refractivity contribution is 7.09. The van der Waals surface area contributed by atoms with Gasteiger partial charge >= 0.3 is 0 Å². The fourth-order valence-electron chi connectivity index (χ4n) is 1.49. The molecule has 0 spiro atoms. The first-order chi connectivity index (χ1) is 8.29. The average molecular weight is 268 g/mol. The topological polar surface area (TPSA) is 29.0 Å². The summed E-state index contributed by atoms with van der Waals surface area (Å²) in [7, 11) is 2.02. The van der Waals surface area contributed by atoms with Crippen LogP contribution in [0.4, 0.5) is 5.82 Å². The lowest BCUT2D eigenvalue weighted by molar-refractivity contribution is 0.857. The van der Waals surface area contributed by atoms with E-state index in [9.17, 15) is 0 Å². The molecule has 0 aliphatic heterocycles. The van der Waals surface area contributed by atoms with E-state index >= 15 is 0 Å². The van der Waals surface area contributed by atoms with Crippen LogP contribution >= 0.6 is 22.9 Å². The summed E-state index contributed by atoms with van der Waals surface area (Å²) in [5.41, 5.74) is 0.812. The van der Waals surface area contributed by atoms with Crippen molar-refractivity contribution in [3.8, 4) is 0 Å². The first-order valence-corrected chi connectivity index (χ1v) is 6.81. The van der Waals surface area contributed by atoms with Gasteiger partial charge < -0.3 is 4.90 Å². The van der Waals surface area contributed by atoms with E-state index in [1.807, 2.05) is 7.05 Å². The first kappa shape index (κ1) is 12.3. The van der Waals surface area contributed by atoms with Crippen molar-refractivity contribution in [1.29, 1.82) is 0 Å². The van der Waals surface area contributed by atoms with Gasteiger partial charge in [-0.2, -0.15) is 0 Å². The second kappa shape index (κ2) is 5.98. The molecule has 0 fully saturated rings. The molecule has 2 heterocycles. The lowest BCUT2D eigenvalue weighted by Crippen LogP contribution is -2.21. The standard InChI is InChI=1S/C12H14ClN3S/c1-16(5-4-11-3-2-6-17-11)12-9-14-8-10(7-13)15-12/h2-3,6,8-9H,4-5,7H2,1H3. The lowest BCUT2D eigenvalue weighted by atomic mass is 10.3. The Morgan fingerprint density at radius 3 is 3.00 bits per heavy atom. The first-order valence-electron chi connectivity index (χ1n) is 5.40. The number of rotatable bonds is 5. The number of likely N-dealkylation sites (N-methyl/N-ethyl adjacent to an activating group) is 1. The second-order valence-electron chi connectivity index (χ2n) is 3.75. The molecule has 0 aliphatic carbocycles. The van der Waals surface area contributed by atoms with Crippen LogP contribution in [0.5, 0.6) is 0 Å². The quantitative estimate of drug-likeness (QED) is 0.780. The van der Waals surface area contributed by atoms with Crippen molar-refractivity contribution in [3.63, 3.8) is 0 Å². The van der Waals surface area contributed by atoms with E-state index in [0.29, 0.717) is 5.88 Å². The van der Waals surface area contributed by atoms with Crippen LogP contribution in [0.1, 0.15) is 10.6 Å². The van der Waals surface area contributed by atoms with Crippen molar-refractivity contribution in [2.24, 2.45) is 0 Å². The molecular formula is C12H14ClN3S. The van der Waals surface area contributed by atoms with Gasteiger partial charge in [0.25, 0.3) is 0 Å². The average Bonchev–Trinajstić information content (AvgIpc) is 2.89. The molecule has 0 N–H and O–H groups in total. The Morgan fingerprint density at radius 2 is 2.29 bits per heavy atom. The number of thiophene rings is 1. The number of anilines is 1. The Labute approximate surface area is 110 Å². The van der Waals surface area contributed by atoms with Gasteiger partial charge in [0.15, 0.2) is 0 Å². The van der Waals surface area contributed by atoms with Crippen LogP contribution in [-0.4, -0.2) is 23.6 Å². The highest BCUT2D eigenvalue weighted by atomic mass is 35.5. The van der Waals surface area contributed by atoms with E-state index in [1.165, 1.54) is 4.88 Å². The van der Waals surface area contributed by atoms with Crippen LogP contribution in [0.3, 0.4) is 0 Å². The Bertz CT molecular complexity index is 459. The van der Waals surface area contributed by atoms with Crippen molar-refractivity contribution < 1.29 is 0 Å². The number of alkyl halides is 1. The summed E-state index contributed by atoms with van der Waals surface area (Å²) in [5.74, 6) is 1.28. The molecule has 0 saturated carbocycles. The van der Waals surface area contributed by atoms with Crippen LogP contribution in [0, 0.1) is 0 Å². The molecule has 3 nitrogen and oxygen atoms in total. The van der Waals surface area contributed by atoms with Crippen LogP contribution in [-0.2, 0) is 12.3 Å². The fourth-order valence-corrected chi connectivity index (χ4v) is 2.32. The third-order valence-electron chi connectivity index (χ3n) is 2.47. The number of hydrogen-bond acceptors (Lipinski definition) is 4. The van der Waals surface area contributed by atoms with Crippen molar-refractivity contribution >= 4 is 28.8 Å². The number of nitrogens with zero attached hydrogens (tertiary/aromatic N) is 3. The molecule has 2 aromatic heterocycles. The molecule has 2 aromatic rings. The van der Waals surface area contributed by atoms with Crippen molar-refractivity contribution in [1.82, 2.24) is 9.97 Å². The van der Waals surface area contributed by atoms with Gasteiger partial charge in [-0.15, -0.1) is 22.9 Å². The van der Waals surface area contributed by atoms with E-state index in [1.54, 1.807) is 23.7 Å². The van der Waals surface area contributed by atoms with Gasteiger partial charge in [-0.25, -0.2) is 4.98 Å². The number of aromatic nitrogens is 2. The van der Waals surface area contributed by atoms with E-state index in [0.717, 1.165) is 24.5 Å². The largest absolute Gasteiger partial charge is 0.358 e. The smallest absolute Gasteiger partial charge is 0.147 e. The van der Waals surface area contributed by atoms with Crippen LogP contribution < -0.4 is 4.90 Å². The molecule has 0 amide bonds. The maximum absolute atomic E-state index is 5.74. The highest BCUT2D eigenvalue weighted by Crippen LogP contribution is 2.13. The van der Waals surface area contributed by atoms with Crippen LogP contribution in [0.25, 0.3) is 0 Å². The SMILES string of the molecule is CN(CCc1cccs1)c1cncc(CCl)n1. The summed E-state index contributed by atoms with van der Waals surface area (Å²) < 4.78 is 0. The van der Waals surface area contributed by atoms with E-state index in [-0.39, 0.29) is 0 Å². The molecule has 0 radical (unpaired) electrons. The highest BCUT2D eigenvalue weighted by Gasteiger charge is 2.04. The Morgan fingerprint density at radius 1 is 1.41 bits per heavy atom. The molecule has 2 rings (SSSR count). The second-order valence-corrected chi connectivity index (χ2v) is 5.05. The molecule has 5 heteroatoms. The normalized spacial score (nSPS) is 10.5. The molecule has 0 aromatic carbocycles. The van der Waals surface area contributed by atoms with Crippen molar-refractivity contribution in [2.75, 3.05) is 18.5 Å². The molecule has 0 saturated heterocycles. The third-order valence-corrected chi connectivity index (χ3v) is 3.68. The monoisotopic (exact) mass is 267 g/mol. The molecule has 0 bridgehead atoms. The van der Waals surface area contributed by atoms with Gasteiger partial charge in [-0.3, -0.25) is 4.98 Å². The zero-order valence-corrected chi connectivity index (χ0v) is 11.2. The van der Waals surface area contributed by atoms with Gasteiger partial charge in [-0.1, -0.05) is 6.07 Å². The summed E-state index contributed by atoms with van der Waals surface area (Å²) in [5, 5.41) is 2.10. The summed E-state index contributed by atoms with van der Waals surface area (Å²) in [6, 6.07) is 4.23. The Balaban J connectivity index is 1.96. The lowest BCUT2D eigenvalue weighted by Gasteiger charge is -2.17. The number of halogens is 1. The third kappa shape index (κ3) is 3.41. The van der Waals surface area contributed by atoms with Crippen LogP contribution in [0.15, 0.2) is 29.9 Å². The van der Waals surface area contributed by atoms with E-state index < -0.39 is 0 Å². The Hall–Kier alpha value is -1.13. The molecule has 17 heavy (non-hydrogen) atoms. The minimum absolute atomic E-state index is 0.402. The summed E-state index contributed by atoms with van der Waals surface area (Å²) in [6.07, 6.45) is 4.50. The van der Waals surface area contributed by atoms with Crippen molar-refractivity contribution in [2.45, 2.75) is 12.3 Å². The van der Waals surface area contributed by atoms with Gasteiger partial charge in [0, 0.05) is 24.7 Å². The van der Waals surface area contributed by atoms with Crippen LogP contribution in [0.2, 0.25) is 0 Å². The van der Waals surface area contributed by atoms with Gasteiger partial charge in [0.1, 0.15) is 5.82 Å². The van der Waals surface area contributed by atoms with Gasteiger partial charge in [0.05, 0.1) is 17.8 Å². The molecule has 0 atom stereocenters. The molecule has 90 valence electrons. The zero-order chi connectivity index (χ0) is 12.1. The fraction of sp³-hybridized carbons (Fsp3) is 0.333. The minimum Gasteiger partial charge on any atom is -0.358 e. The van der Waals surface area contributed by atoms with Crippen molar-refractivity contribution in [3.05, 3.63) is 40.5 Å². The minimum atomic E-state index is 0.402. The molecule has 0 unspecified atom stereocenters. The maximum atomic E-state index is 5.74. The molecular weight excluding hydrogens is 254 g/mol. The van der Waals surface area contributed by atoms with E-state index in [4.69, 9.17) is 11.6 Å². The predicted octanol–water partition coefficient (Wildman–Crippen LogP) is 2.96. The predicted molar refractivity (Wildman–Crippen MR) is 72.9 cm³/mol. The summed E-state index contributed by atoms with van der Waals surface area (Å²) >= 11 is 7.53. The summed E-state index contributed by atoms with van der Waals surface area (Å²) in [6.45, 7) is 0.931. The van der Waals surface area contributed by atoms with E-state index in [2.05, 4.69) is 32.4 Å². The maximum Gasteiger partial charge on any atom is 0.147 e. The zero-order valence-electron chi connectivity index (χ0n) is 9.64. The molecule has 0 aliphatic rings. The number of hydrogen-bond donors (Lipinski definition) is 0. The van der Waals surface area contributed by atoms with Gasteiger partial charge in [0.2, 0.25) is 0 Å². The Kier molecular flexibility index (Phi) is 4.34.